The minimum absolute atomic E-state index is 0.0498. The first-order valence-corrected chi connectivity index (χ1v) is 9.81. The highest BCUT2D eigenvalue weighted by Crippen LogP contribution is 2.43. The van der Waals surface area contributed by atoms with E-state index < -0.39 is 11.2 Å². The smallest absolute Gasteiger partial charge is 0.269 e. The summed E-state index contributed by atoms with van der Waals surface area (Å²) in [6, 6.07) is 13.1. The van der Waals surface area contributed by atoms with Crippen molar-refractivity contribution in [2.75, 3.05) is 11.2 Å². The molecule has 4 rings (SSSR count). The predicted molar refractivity (Wildman–Crippen MR) is 107 cm³/mol. The lowest BCUT2D eigenvalue weighted by molar-refractivity contribution is -0.384. The summed E-state index contributed by atoms with van der Waals surface area (Å²) in [4.78, 5) is 29.1. The Balaban J connectivity index is 1.92. The molecule has 0 unspecified atom stereocenters. The lowest BCUT2D eigenvalue weighted by Crippen LogP contribution is -2.36. The van der Waals surface area contributed by atoms with Crippen LogP contribution in [-0.2, 0) is 4.79 Å². The molecular formula is C19H15N5O4S. The van der Waals surface area contributed by atoms with Gasteiger partial charge in [-0.15, -0.1) is 10.2 Å². The number of nitro benzene ring substituents is 1. The first-order chi connectivity index (χ1) is 14.0. The van der Waals surface area contributed by atoms with Crippen LogP contribution in [0.4, 0.5) is 11.4 Å². The molecule has 2 aromatic carbocycles. The van der Waals surface area contributed by atoms with Gasteiger partial charge in [-0.1, -0.05) is 30.0 Å². The van der Waals surface area contributed by atoms with Gasteiger partial charge in [0, 0.05) is 30.2 Å². The molecule has 2 heterocycles. The SMILES string of the molecule is CSc1nnc2c(n1)O[C@H](c1ccc([N+](=O)[O-])cc1)N(C(C)=O)c1ccccc1-2. The fourth-order valence-corrected chi connectivity index (χ4v) is 3.41. The highest BCUT2D eigenvalue weighted by atomic mass is 32.2. The van der Waals surface area contributed by atoms with Gasteiger partial charge in [0.25, 0.3) is 5.69 Å². The Labute approximate surface area is 169 Å². The molecule has 9 nitrogen and oxygen atoms in total. The number of hydrogen-bond donors (Lipinski definition) is 0. The molecule has 146 valence electrons. The van der Waals surface area contributed by atoms with Gasteiger partial charge in [-0.05, 0) is 24.5 Å². The van der Waals surface area contributed by atoms with Crippen LogP contribution >= 0.6 is 11.8 Å². The van der Waals surface area contributed by atoms with Crippen LogP contribution in [0.1, 0.15) is 18.7 Å². The Hall–Kier alpha value is -3.53. The number of fused-ring (bicyclic) bond motifs is 3. The fraction of sp³-hybridized carbons (Fsp3) is 0.158. The van der Waals surface area contributed by atoms with Gasteiger partial charge in [-0.3, -0.25) is 19.8 Å². The molecule has 0 spiro atoms. The van der Waals surface area contributed by atoms with Crippen molar-refractivity contribution in [3.8, 4) is 17.1 Å². The van der Waals surface area contributed by atoms with E-state index in [0.29, 0.717) is 27.7 Å². The number of nitrogens with zero attached hydrogens (tertiary/aromatic N) is 5. The molecule has 0 aliphatic carbocycles. The van der Waals surface area contributed by atoms with Crippen molar-refractivity contribution in [3.05, 3.63) is 64.2 Å². The van der Waals surface area contributed by atoms with Crippen molar-refractivity contribution in [3.63, 3.8) is 0 Å². The average Bonchev–Trinajstić information content (AvgIpc) is 2.87. The van der Waals surface area contributed by atoms with E-state index in [-0.39, 0.29) is 17.5 Å². The summed E-state index contributed by atoms with van der Waals surface area (Å²) in [5, 5.41) is 19.8. The number of ether oxygens (including phenoxy) is 1. The minimum atomic E-state index is -0.873. The largest absolute Gasteiger partial charge is 0.447 e. The van der Waals surface area contributed by atoms with Gasteiger partial charge in [0.2, 0.25) is 23.2 Å². The maximum absolute atomic E-state index is 12.6. The van der Waals surface area contributed by atoms with Crippen LogP contribution in [0.5, 0.6) is 5.88 Å². The van der Waals surface area contributed by atoms with Crippen LogP contribution < -0.4 is 9.64 Å². The summed E-state index contributed by atoms with van der Waals surface area (Å²) in [6.45, 7) is 1.43. The molecule has 29 heavy (non-hydrogen) atoms. The molecule has 1 aliphatic rings. The Morgan fingerprint density at radius 1 is 1.17 bits per heavy atom. The molecule has 0 saturated heterocycles. The summed E-state index contributed by atoms with van der Waals surface area (Å²) in [5.74, 6) is -0.0180. The summed E-state index contributed by atoms with van der Waals surface area (Å²) in [7, 11) is 0. The number of thioether (sulfide) groups is 1. The van der Waals surface area contributed by atoms with E-state index in [2.05, 4.69) is 15.2 Å². The van der Waals surface area contributed by atoms with Gasteiger partial charge < -0.3 is 4.74 Å². The van der Waals surface area contributed by atoms with Gasteiger partial charge in [0.05, 0.1) is 10.6 Å². The number of nitro groups is 1. The third kappa shape index (κ3) is 3.38. The molecule has 3 aromatic rings. The number of benzene rings is 2. The number of amides is 1. The molecule has 0 bridgehead atoms. The van der Waals surface area contributed by atoms with Gasteiger partial charge in [-0.2, -0.15) is 4.98 Å². The maximum Gasteiger partial charge on any atom is 0.269 e. The van der Waals surface area contributed by atoms with Crippen LogP contribution in [0.3, 0.4) is 0 Å². The number of aromatic nitrogens is 3. The quantitative estimate of drug-likeness (QED) is 0.366. The second kappa shape index (κ2) is 7.47. The third-order valence-electron chi connectivity index (χ3n) is 4.42. The lowest BCUT2D eigenvalue weighted by Gasteiger charge is -2.29. The predicted octanol–water partition coefficient (Wildman–Crippen LogP) is 3.61. The van der Waals surface area contributed by atoms with Gasteiger partial charge >= 0.3 is 0 Å². The molecule has 0 N–H and O–H groups in total. The number of non-ortho nitro benzene ring substituents is 1. The zero-order valence-corrected chi connectivity index (χ0v) is 16.3. The summed E-state index contributed by atoms with van der Waals surface area (Å²) < 4.78 is 6.15. The summed E-state index contributed by atoms with van der Waals surface area (Å²) >= 11 is 1.32. The second-order valence-corrected chi connectivity index (χ2v) is 6.95. The normalized spacial score (nSPS) is 15.0. The topological polar surface area (TPSA) is 111 Å². The standard InChI is InChI=1S/C19H15N5O4S/c1-11(25)23-15-6-4-3-5-14(15)16-17(20-19(29-2)22-21-16)28-18(23)12-7-9-13(10-8-12)24(26)27/h3-10,18H,1-2H3/t18-/m1/s1. The van der Waals surface area contributed by atoms with Crippen molar-refractivity contribution in [2.45, 2.75) is 18.3 Å². The monoisotopic (exact) mass is 409 g/mol. The molecule has 1 atom stereocenters. The third-order valence-corrected chi connectivity index (χ3v) is 4.96. The van der Waals surface area contributed by atoms with Crippen LogP contribution in [0.15, 0.2) is 53.7 Å². The Kier molecular flexibility index (Phi) is 4.85. The van der Waals surface area contributed by atoms with Crippen LogP contribution in [-0.4, -0.2) is 32.3 Å². The highest BCUT2D eigenvalue weighted by molar-refractivity contribution is 7.98. The van der Waals surface area contributed by atoms with Crippen LogP contribution in [0.25, 0.3) is 11.3 Å². The Bertz CT molecular complexity index is 1110. The van der Waals surface area contributed by atoms with E-state index in [0.717, 1.165) is 0 Å². The fourth-order valence-electron chi connectivity index (χ4n) is 3.12. The maximum atomic E-state index is 12.6. The Morgan fingerprint density at radius 2 is 1.90 bits per heavy atom. The van der Waals surface area contributed by atoms with Crippen molar-refractivity contribution in [1.29, 1.82) is 0 Å². The van der Waals surface area contributed by atoms with E-state index in [9.17, 15) is 14.9 Å². The van der Waals surface area contributed by atoms with Crippen molar-refractivity contribution in [1.82, 2.24) is 15.2 Å². The molecule has 1 amide bonds. The number of carbonyl (C=O) groups is 1. The molecule has 0 saturated carbocycles. The minimum Gasteiger partial charge on any atom is -0.447 e. The Morgan fingerprint density at radius 3 is 2.55 bits per heavy atom. The van der Waals surface area contributed by atoms with Crippen LogP contribution in [0.2, 0.25) is 0 Å². The first kappa shape index (κ1) is 18.8. The van der Waals surface area contributed by atoms with Crippen molar-refractivity contribution < 1.29 is 14.5 Å². The first-order valence-electron chi connectivity index (χ1n) is 8.58. The number of hydrogen-bond acceptors (Lipinski definition) is 8. The van der Waals surface area contributed by atoms with Crippen molar-refractivity contribution in [2.24, 2.45) is 0 Å². The zero-order valence-electron chi connectivity index (χ0n) is 15.5. The number of rotatable bonds is 3. The molecule has 0 fully saturated rings. The molecule has 1 aliphatic heterocycles. The number of para-hydroxylation sites is 1. The van der Waals surface area contributed by atoms with E-state index >= 15 is 0 Å². The summed E-state index contributed by atoms with van der Waals surface area (Å²) in [6.07, 6.45) is 0.950. The van der Waals surface area contributed by atoms with Gasteiger partial charge in [-0.25, -0.2) is 0 Å². The zero-order chi connectivity index (χ0) is 20.5. The van der Waals surface area contributed by atoms with Crippen LogP contribution in [0, 0.1) is 10.1 Å². The second-order valence-electron chi connectivity index (χ2n) is 6.18. The van der Waals surface area contributed by atoms with E-state index in [1.54, 1.807) is 18.2 Å². The molecule has 10 heteroatoms. The summed E-state index contributed by atoms with van der Waals surface area (Å²) in [5.41, 5.74) is 2.20. The number of anilines is 1. The van der Waals surface area contributed by atoms with E-state index in [1.165, 1.54) is 35.7 Å². The average molecular weight is 409 g/mol. The molecular weight excluding hydrogens is 394 g/mol. The lowest BCUT2D eigenvalue weighted by atomic mass is 10.1. The molecule has 0 radical (unpaired) electrons. The highest BCUT2D eigenvalue weighted by Gasteiger charge is 2.34. The van der Waals surface area contributed by atoms with Gasteiger partial charge in [0.15, 0.2) is 5.69 Å². The number of carbonyl (C=O) groups excluding carboxylic acids is 1. The van der Waals surface area contributed by atoms with Gasteiger partial charge in [0.1, 0.15) is 0 Å². The van der Waals surface area contributed by atoms with E-state index in [1.807, 2.05) is 24.5 Å². The van der Waals surface area contributed by atoms with Crippen molar-refractivity contribution >= 4 is 29.0 Å². The molecule has 1 aromatic heterocycles. The van der Waals surface area contributed by atoms with E-state index in [4.69, 9.17) is 4.74 Å².